The maximum absolute atomic E-state index is 11.9. The standard InChI is InChI=1S/C18H28N4O4.C3H6/c1-4-16(24)20-10-14-22(18(26)6-3)13-8-12-21(17(25)5-2)11-7-9-19-15-23;1-3-2/h4-6,15H,1-3,7-14H2,(H,19,23)(H,20,24);3H,1H2,2H3. The van der Waals surface area contributed by atoms with E-state index in [4.69, 9.17) is 0 Å². The van der Waals surface area contributed by atoms with Gasteiger partial charge in [0.1, 0.15) is 0 Å². The first-order valence-corrected chi connectivity index (χ1v) is 9.38. The molecule has 0 aromatic rings. The van der Waals surface area contributed by atoms with E-state index in [1.54, 1.807) is 15.9 Å². The van der Waals surface area contributed by atoms with Gasteiger partial charge in [-0.1, -0.05) is 25.8 Å². The number of amides is 4. The maximum Gasteiger partial charge on any atom is 0.246 e. The van der Waals surface area contributed by atoms with Crippen LogP contribution in [0.4, 0.5) is 0 Å². The largest absolute Gasteiger partial charge is 0.359 e. The summed E-state index contributed by atoms with van der Waals surface area (Å²) >= 11 is 0. The Morgan fingerprint density at radius 3 is 1.72 bits per heavy atom. The molecule has 0 rings (SSSR count). The van der Waals surface area contributed by atoms with Gasteiger partial charge >= 0.3 is 0 Å². The molecule has 8 nitrogen and oxygen atoms in total. The van der Waals surface area contributed by atoms with Gasteiger partial charge in [0.2, 0.25) is 24.1 Å². The summed E-state index contributed by atoms with van der Waals surface area (Å²) in [4.78, 5) is 48.4. The van der Waals surface area contributed by atoms with Crippen molar-refractivity contribution < 1.29 is 19.2 Å². The minimum atomic E-state index is -0.303. The van der Waals surface area contributed by atoms with Crippen LogP contribution >= 0.6 is 0 Å². The Bertz CT molecular complexity index is 561. The molecule has 0 atom stereocenters. The van der Waals surface area contributed by atoms with E-state index in [2.05, 4.69) is 36.9 Å². The SMILES string of the molecule is C=CC.C=CC(=O)NCCN(CCCN(CCCNC=O)C(=O)C=C)C(=O)C=C. The third-order valence-electron chi connectivity index (χ3n) is 3.53. The lowest BCUT2D eigenvalue weighted by Crippen LogP contribution is -2.40. The van der Waals surface area contributed by atoms with Gasteiger partial charge in [-0.15, -0.1) is 6.58 Å². The molecule has 0 radical (unpaired) electrons. The summed E-state index contributed by atoms with van der Waals surface area (Å²) in [6.07, 6.45) is 7.18. The number of carbonyl (C=O) groups is 4. The van der Waals surface area contributed by atoms with Gasteiger partial charge in [0, 0.05) is 39.3 Å². The number of nitrogens with zero attached hydrogens (tertiary/aromatic N) is 2. The lowest BCUT2D eigenvalue weighted by atomic mass is 10.3. The zero-order valence-corrected chi connectivity index (χ0v) is 17.4. The van der Waals surface area contributed by atoms with E-state index in [0.29, 0.717) is 58.5 Å². The zero-order valence-electron chi connectivity index (χ0n) is 17.4. The van der Waals surface area contributed by atoms with Crippen LogP contribution in [0.5, 0.6) is 0 Å². The summed E-state index contributed by atoms with van der Waals surface area (Å²) in [7, 11) is 0. The first-order chi connectivity index (χ1) is 13.9. The van der Waals surface area contributed by atoms with Crippen LogP contribution in [0.25, 0.3) is 0 Å². The number of allylic oxidation sites excluding steroid dienone is 1. The first-order valence-electron chi connectivity index (χ1n) is 9.38. The normalized spacial score (nSPS) is 9.00. The summed E-state index contributed by atoms with van der Waals surface area (Å²) < 4.78 is 0. The molecule has 162 valence electrons. The third kappa shape index (κ3) is 15.6. The second-order valence-corrected chi connectivity index (χ2v) is 5.74. The predicted molar refractivity (Wildman–Crippen MR) is 116 cm³/mol. The molecule has 4 amide bonds. The molecule has 0 aliphatic carbocycles. The van der Waals surface area contributed by atoms with Crippen LogP contribution in [0, 0.1) is 0 Å². The molecule has 0 heterocycles. The van der Waals surface area contributed by atoms with Crippen molar-refractivity contribution in [1.29, 1.82) is 0 Å². The van der Waals surface area contributed by atoms with E-state index in [0.717, 1.165) is 6.08 Å². The van der Waals surface area contributed by atoms with E-state index >= 15 is 0 Å². The second-order valence-electron chi connectivity index (χ2n) is 5.74. The maximum atomic E-state index is 11.9. The number of carbonyl (C=O) groups excluding carboxylic acids is 4. The summed E-state index contributed by atoms with van der Waals surface area (Å²) in [6.45, 7) is 18.0. The Kier molecular flexibility index (Phi) is 19.0. The van der Waals surface area contributed by atoms with Crippen molar-refractivity contribution in [1.82, 2.24) is 20.4 Å². The monoisotopic (exact) mass is 406 g/mol. The number of hydrogen-bond donors (Lipinski definition) is 2. The van der Waals surface area contributed by atoms with Gasteiger partial charge < -0.3 is 20.4 Å². The summed E-state index contributed by atoms with van der Waals surface area (Å²) in [5.74, 6) is -0.742. The fraction of sp³-hybridized carbons (Fsp3) is 0.429. The molecule has 0 aliphatic rings. The summed E-state index contributed by atoms with van der Waals surface area (Å²) in [6, 6.07) is 0. The van der Waals surface area contributed by atoms with E-state index < -0.39 is 0 Å². The Labute approximate surface area is 174 Å². The molecule has 0 saturated carbocycles. The van der Waals surface area contributed by atoms with E-state index in [1.807, 2.05) is 6.92 Å². The van der Waals surface area contributed by atoms with Gasteiger partial charge in [0.05, 0.1) is 0 Å². The van der Waals surface area contributed by atoms with Crippen molar-refractivity contribution in [2.45, 2.75) is 19.8 Å². The van der Waals surface area contributed by atoms with Gasteiger partial charge in [0.15, 0.2) is 0 Å². The van der Waals surface area contributed by atoms with Crippen LogP contribution in [0.3, 0.4) is 0 Å². The second kappa shape index (κ2) is 19.6. The molecule has 0 spiro atoms. The quantitative estimate of drug-likeness (QED) is 0.184. The van der Waals surface area contributed by atoms with Crippen molar-refractivity contribution >= 4 is 24.1 Å². The molecule has 0 bridgehead atoms. The molecular formula is C21H34N4O4. The highest BCUT2D eigenvalue weighted by atomic mass is 16.2. The first kappa shape index (κ1) is 28.1. The molecule has 2 N–H and O–H groups in total. The van der Waals surface area contributed by atoms with Gasteiger partial charge in [-0.3, -0.25) is 19.2 Å². The van der Waals surface area contributed by atoms with Gasteiger partial charge in [-0.05, 0) is 38.0 Å². The van der Waals surface area contributed by atoms with Crippen LogP contribution < -0.4 is 10.6 Å². The molecule has 0 aromatic carbocycles. The van der Waals surface area contributed by atoms with Crippen molar-refractivity contribution in [2.75, 3.05) is 39.3 Å². The summed E-state index contributed by atoms with van der Waals surface area (Å²) in [5.41, 5.74) is 0. The number of rotatable bonds is 15. The zero-order chi connectivity index (χ0) is 22.5. The lowest BCUT2D eigenvalue weighted by molar-refractivity contribution is -0.127. The van der Waals surface area contributed by atoms with Crippen molar-refractivity contribution in [3.63, 3.8) is 0 Å². The van der Waals surface area contributed by atoms with Crippen LogP contribution in [0.1, 0.15) is 19.8 Å². The van der Waals surface area contributed by atoms with Gasteiger partial charge in [-0.25, -0.2) is 0 Å². The fourth-order valence-corrected chi connectivity index (χ4v) is 2.19. The van der Waals surface area contributed by atoms with Crippen molar-refractivity contribution in [3.05, 3.63) is 50.6 Å². The predicted octanol–water partition coefficient (Wildman–Crippen LogP) is 1.04. The van der Waals surface area contributed by atoms with E-state index in [9.17, 15) is 19.2 Å². The minimum absolute atomic E-state index is 0.198. The topological polar surface area (TPSA) is 98.8 Å². The van der Waals surface area contributed by atoms with Gasteiger partial charge in [0.25, 0.3) is 0 Å². The highest BCUT2D eigenvalue weighted by Gasteiger charge is 2.13. The smallest absolute Gasteiger partial charge is 0.246 e. The van der Waals surface area contributed by atoms with Crippen LogP contribution in [-0.4, -0.2) is 73.2 Å². The average Bonchev–Trinajstić information content (AvgIpc) is 2.73. The molecule has 0 aromatic heterocycles. The van der Waals surface area contributed by atoms with Crippen LogP contribution in [0.2, 0.25) is 0 Å². The lowest BCUT2D eigenvalue weighted by Gasteiger charge is -2.25. The summed E-state index contributed by atoms with van der Waals surface area (Å²) in [5, 5.41) is 5.15. The Balaban J connectivity index is 0. The highest BCUT2D eigenvalue weighted by Crippen LogP contribution is 2.00. The molecule has 0 fully saturated rings. The number of nitrogens with one attached hydrogen (secondary N) is 2. The molecule has 8 heteroatoms. The minimum Gasteiger partial charge on any atom is -0.359 e. The van der Waals surface area contributed by atoms with Crippen molar-refractivity contribution in [2.24, 2.45) is 0 Å². The van der Waals surface area contributed by atoms with Crippen LogP contribution in [0.15, 0.2) is 50.6 Å². The van der Waals surface area contributed by atoms with Gasteiger partial charge in [-0.2, -0.15) is 0 Å². The third-order valence-corrected chi connectivity index (χ3v) is 3.53. The van der Waals surface area contributed by atoms with E-state index in [-0.39, 0.29) is 17.7 Å². The fourth-order valence-electron chi connectivity index (χ4n) is 2.19. The Morgan fingerprint density at radius 1 is 0.793 bits per heavy atom. The number of hydrogen-bond acceptors (Lipinski definition) is 4. The van der Waals surface area contributed by atoms with Crippen molar-refractivity contribution in [3.8, 4) is 0 Å². The molecule has 29 heavy (non-hydrogen) atoms. The highest BCUT2D eigenvalue weighted by molar-refractivity contribution is 5.88. The molecular weight excluding hydrogens is 372 g/mol. The van der Waals surface area contributed by atoms with Crippen LogP contribution in [-0.2, 0) is 19.2 Å². The Morgan fingerprint density at radius 2 is 1.28 bits per heavy atom. The Hall–Kier alpha value is -3.16. The molecule has 0 saturated heterocycles. The molecule has 0 unspecified atom stereocenters. The molecule has 0 aliphatic heterocycles. The average molecular weight is 407 g/mol. The van der Waals surface area contributed by atoms with E-state index in [1.165, 1.54) is 12.2 Å².